The van der Waals surface area contributed by atoms with Crippen molar-refractivity contribution in [3.05, 3.63) is 45.9 Å². The highest BCUT2D eigenvalue weighted by atomic mass is 32.1. The summed E-state index contributed by atoms with van der Waals surface area (Å²) in [4.78, 5) is 6.68. The Balaban J connectivity index is 2.03. The third kappa shape index (κ3) is 3.31. The lowest BCUT2D eigenvalue weighted by Crippen LogP contribution is -2.08. The van der Waals surface area contributed by atoms with Crippen LogP contribution in [0.5, 0.6) is 0 Å². The van der Waals surface area contributed by atoms with Crippen LogP contribution in [0.4, 0.5) is 5.69 Å². The van der Waals surface area contributed by atoms with Crippen molar-refractivity contribution in [1.82, 2.24) is 4.98 Å². The quantitative estimate of drug-likeness (QED) is 0.898. The molecule has 0 amide bonds. The number of nitrogens with zero attached hydrogens (tertiary/aromatic N) is 2. The molecule has 1 aromatic carbocycles. The minimum absolute atomic E-state index is 0.667. The highest BCUT2D eigenvalue weighted by Gasteiger charge is 2.03. The van der Waals surface area contributed by atoms with Crippen molar-refractivity contribution in [1.29, 1.82) is 0 Å². The second-order valence-corrected chi connectivity index (χ2v) is 5.45. The van der Waals surface area contributed by atoms with Gasteiger partial charge in [0.15, 0.2) is 0 Å². The smallest absolute Gasteiger partial charge is 0.0972 e. The van der Waals surface area contributed by atoms with E-state index in [0.717, 1.165) is 23.5 Å². The Hall–Kier alpha value is -1.39. The number of hydrogen-bond donors (Lipinski definition) is 1. The lowest BCUT2D eigenvalue weighted by molar-refractivity contribution is 0.922. The van der Waals surface area contributed by atoms with E-state index in [1.807, 2.05) is 0 Å². The van der Waals surface area contributed by atoms with Crippen LogP contribution >= 0.6 is 11.3 Å². The number of aromatic nitrogens is 1. The highest BCUT2D eigenvalue weighted by Crippen LogP contribution is 2.18. The van der Waals surface area contributed by atoms with Crippen molar-refractivity contribution in [3.63, 3.8) is 0 Å². The summed E-state index contributed by atoms with van der Waals surface area (Å²) >= 11 is 1.72. The van der Waals surface area contributed by atoms with Crippen LogP contribution in [-0.4, -0.2) is 25.6 Å². The molecule has 0 aliphatic rings. The fraction of sp³-hybridized carbons (Fsp3) is 0.357. The van der Waals surface area contributed by atoms with E-state index in [-0.39, 0.29) is 0 Å². The maximum Gasteiger partial charge on any atom is 0.0972 e. The topological polar surface area (TPSA) is 42.2 Å². The summed E-state index contributed by atoms with van der Waals surface area (Å²) in [6.07, 6.45) is 1.78. The Morgan fingerprint density at radius 2 is 1.94 bits per heavy atom. The molecule has 2 aromatic rings. The van der Waals surface area contributed by atoms with Gasteiger partial charge in [-0.25, -0.2) is 4.98 Å². The lowest BCUT2D eigenvalue weighted by Gasteiger charge is -2.12. The molecular weight excluding hydrogens is 242 g/mol. The van der Waals surface area contributed by atoms with Gasteiger partial charge in [-0.2, -0.15) is 0 Å². The maximum atomic E-state index is 5.53. The molecule has 1 aromatic heterocycles. The monoisotopic (exact) mass is 261 g/mol. The number of thiazole rings is 1. The van der Waals surface area contributed by atoms with Gasteiger partial charge in [0.05, 0.1) is 10.7 Å². The second-order valence-electron chi connectivity index (χ2n) is 4.51. The van der Waals surface area contributed by atoms with Gasteiger partial charge in [0.25, 0.3) is 0 Å². The first-order valence-corrected chi connectivity index (χ1v) is 6.96. The predicted molar refractivity (Wildman–Crippen MR) is 78.4 cm³/mol. The van der Waals surface area contributed by atoms with Crippen LogP contribution in [-0.2, 0) is 12.8 Å². The van der Waals surface area contributed by atoms with E-state index in [9.17, 15) is 0 Å². The van der Waals surface area contributed by atoms with Gasteiger partial charge < -0.3 is 10.6 Å². The van der Waals surface area contributed by atoms with Gasteiger partial charge in [-0.15, -0.1) is 11.3 Å². The number of rotatable bonds is 5. The molecule has 0 aliphatic carbocycles. The van der Waals surface area contributed by atoms with Crippen LogP contribution in [0.1, 0.15) is 16.3 Å². The van der Waals surface area contributed by atoms with Gasteiger partial charge in [0.1, 0.15) is 0 Å². The van der Waals surface area contributed by atoms with E-state index < -0.39 is 0 Å². The van der Waals surface area contributed by atoms with Crippen LogP contribution < -0.4 is 10.6 Å². The first-order valence-electron chi connectivity index (χ1n) is 6.08. The molecule has 0 fully saturated rings. The van der Waals surface area contributed by atoms with Crippen molar-refractivity contribution in [3.8, 4) is 0 Å². The number of hydrogen-bond acceptors (Lipinski definition) is 4. The Morgan fingerprint density at radius 1 is 1.22 bits per heavy atom. The lowest BCUT2D eigenvalue weighted by atomic mass is 10.1. The average molecular weight is 261 g/mol. The molecular formula is C14H19N3S. The van der Waals surface area contributed by atoms with Gasteiger partial charge in [-0.3, -0.25) is 0 Å². The van der Waals surface area contributed by atoms with Crippen LogP contribution in [0.15, 0.2) is 29.6 Å². The standard InChI is InChI=1S/C14H19N3S/c1-17(2)13-5-3-11(4-6-13)9-14-16-12(7-8-15)10-18-14/h3-6,10H,7-9,15H2,1-2H3. The first-order chi connectivity index (χ1) is 8.69. The molecule has 0 atom stereocenters. The zero-order valence-electron chi connectivity index (χ0n) is 10.9. The van der Waals surface area contributed by atoms with Crippen LogP contribution in [0, 0.1) is 0 Å². The highest BCUT2D eigenvalue weighted by molar-refractivity contribution is 7.09. The number of nitrogens with two attached hydrogens (primary N) is 1. The molecule has 0 bridgehead atoms. The van der Waals surface area contributed by atoms with Gasteiger partial charge >= 0.3 is 0 Å². The van der Waals surface area contributed by atoms with Gasteiger partial charge in [0.2, 0.25) is 0 Å². The third-order valence-corrected chi connectivity index (χ3v) is 3.71. The van der Waals surface area contributed by atoms with Crippen LogP contribution in [0.25, 0.3) is 0 Å². The van der Waals surface area contributed by atoms with Gasteiger partial charge in [-0.1, -0.05) is 12.1 Å². The molecule has 0 saturated carbocycles. The minimum atomic E-state index is 0.667. The normalized spacial score (nSPS) is 10.6. The summed E-state index contributed by atoms with van der Waals surface area (Å²) in [6.45, 7) is 0.667. The molecule has 0 saturated heterocycles. The first kappa shape index (κ1) is 13.1. The van der Waals surface area contributed by atoms with E-state index in [2.05, 4.69) is 53.6 Å². The average Bonchev–Trinajstić information content (AvgIpc) is 2.78. The van der Waals surface area contributed by atoms with E-state index in [4.69, 9.17) is 5.73 Å². The maximum absolute atomic E-state index is 5.53. The molecule has 2 N–H and O–H groups in total. The van der Waals surface area contributed by atoms with Crippen molar-refractivity contribution >= 4 is 17.0 Å². The third-order valence-electron chi connectivity index (χ3n) is 2.81. The Morgan fingerprint density at radius 3 is 2.56 bits per heavy atom. The van der Waals surface area contributed by atoms with E-state index >= 15 is 0 Å². The largest absolute Gasteiger partial charge is 0.378 e. The van der Waals surface area contributed by atoms with E-state index in [1.165, 1.54) is 11.3 Å². The Kier molecular flexibility index (Phi) is 4.33. The Bertz CT molecular complexity index is 488. The summed E-state index contributed by atoms with van der Waals surface area (Å²) in [7, 11) is 4.10. The summed E-state index contributed by atoms with van der Waals surface area (Å²) in [5.74, 6) is 0. The molecule has 96 valence electrons. The van der Waals surface area contributed by atoms with Gasteiger partial charge in [0, 0.05) is 38.0 Å². The van der Waals surface area contributed by atoms with Crippen molar-refractivity contribution in [2.75, 3.05) is 25.5 Å². The van der Waals surface area contributed by atoms with E-state index in [0.29, 0.717) is 6.54 Å². The molecule has 0 unspecified atom stereocenters. The summed E-state index contributed by atoms with van der Waals surface area (Å²) in [6, 6.07) is 8.62. The summed E-state index contributed by atoms with van der Waals surface area (Å²) in [5.41, 5.74) is 9.16. The molecule has 0 aliphatic heterocycles. The minimum Gasteiger partial charge on any atom is -0.378 e. The van der Waals surface area contributed by atoms with Crippen molar-refractivity contribution < 1.29 is 0 Å². The zero-order valence-corrected chi connectivity index (χ0v) is 11.7. The van der Waals surface area contributed by atoms with Gasteiger partial charge in [-0.05, 0) is 24.2 Å². The Labute approximate surface area is 112 Å². The molecule has 0 spiro atoms. The molecule has 1 heterocycles. The number of anilines is 1. The zero-order chi connectivity index (χ0) is 13.0. The van der Waals surface area contributed by atoms with Crippen molar-refractivity contribution in [2.45, 2.75) is 12.8 Å². The predicted octanol–water partition coefficient (Wildman–Crippen LogP) is 2.30. The van der Waals surface area contributed by atoms with Crippen LogP contribution in [0.3, 0.4) is 0 Å². The molecule has 3 nitrogen and oxygen atoms in total. The van der Waals surface area contributed by atoms with E-state index in [1.54, 1.807) is 11.3 Å². The molecule has 2 rings (SSSR count). The molecule has 4 heteroatoms. The molecule has 0 radical (unpaired) electrons. The fourth-order valence-corrected chi connectivity index (χ4v) is 2.64. The summed E-state index contributed by atoms with van der Waals surface area (Å²) in [5, 5.41) is 3.27. The summed E-state index contributed by atoms with van der Waals surface area (Å²) < 4.78 is 0. The SMILES string of the molecule is CN(C)c1ccc(Cc2nc(CCN)cs2)cc1. The van der Waals surface area contributed by atoms with Crippen LogP contribution in [0.2, 0.25) is 0 Å². The second kappa shape index (κ2) is 5.98. The fourth-order valence-electron chi connectivity index (χ4n) is 1.78. The molecule has 18 heavy (non-hydrogen) atoms. The number of benzene rings is 1. The van der Waals surface area contributed by atoms with Crippen molar-refractivity contribution in [2.24, 2.45) is 5.73 Å².